The zero-order valence-electron chi connectivity index (χ0n) is 16.1. The predicted molar refractivity (Wildman–Crippen MR) is 105 cm³/mol. The molecule has 28 heavy (non-hydrogen) atoms. The van der Waals surface area contributed by atoms with Crippen molar-refractivity contribution in [2.24, 2.45) is 0 Å². The van der Waals surface area contributed by atoms with Gasteiger partial charge in [0.15, 0.2) is 0 Å². The van der Waals surface area contributed by atoms with Crippen LogP contribution in [-0.4, -0.2) is 31.8 Å². The fourth-order valence-corrected chi connectivity index (χ4v) is 4.34. The second-order valence-electron chi connectivity index (χ2n) is 7.78. The van der Waals surface area contributed by atoms with E-state index in [2.05, 4.69) is 10.2 Å². The monoisotopic (exact) mass is 390 g/mol. The predicted octanol–water partition coefficient (Wildman–Crippen LogP) is 4.88. The third-order valence-corrected chi connectivity index (χ3v) is 5.45. The van der Waals surface area contributed by atoms with Crippen LogP contribution in [0.25, 0.3) is 11.1 Å². The Balaban J connectivity index is 1.84. The second kappa shape index (κ2) is 7.32. The fourth-order valence-electron chi connectivity index (χ4n) is 4.34. The number of hydrogen-bond acceptors (Lipinski definition) is 3. The van der Waals surface area contributed by atoms with Gasteiger partial charge in [0.25, 0.3) is 0 Å². The Kier molecular flexibility index (Phi) is 5.00. The summed E-state index contributed by atoms with van der Waals surface area (Å²) in [6, 6.07) is 10.4. The van der Waals surface area contributed by atoms with Crippen LogP contribution in [0.15, 0.2) is 36.4 Å². The first kappa shape index (κ1) is 19.1. The molecule has 2 aromatic rings. The van der Waals surface area contributed by atoms with Crippen LogP contribution in [0, 0.1) is 0 Å². The van der Waals surface area contributed by atoms with Crippen molar-refractivity contribution in [1.82, 2.24) is 5.32 Å². The SMILES string of the molecule is CC(C)Oc1ccc(-c2cccc3c2N2CCNCCC2C3)c(C(F)(F)F)c1. The van der Waals surface area contributed by atoms with Crippen LogP contribution in [-0.2, 0) is 12.6 Å². The lowest BCUT2D eigenvalue weighted by atomic mass is 9.95. The Hall–Kier alpha value is -2.21. The maximum Gasteiger partial charge on any atom is 0.417 e. The van der Waals surface area contributed by atoms with Gasteiger partial charge in [-0.1, -0.05) is 24.3 Å². The van der Waals surface area contributed by atoms with Gasteiger partial charge in [-0.15, -0.1) is 0 Å². The number of para-hydroxylation sites is 1. The van der Waals surface area contributed by atoms with E-state index in [0.717, 1.165) is 49.8 Å². The Morgan fingerprint density at radius 3 is 2.68 bits per heavy atom. The largest absolute Gasteiger partial charge is 0.491 e. The molecule has 0 amide bonds. The molecule has 150 valence electrons. The molecular formula is C22H25F3N2O. The Bertz CT molecular complexity index is 863. The summed E-state index contributed by atoms with van der Waals surface area (Å²) in [4.78, 5) is 2.29. The van der Waals surface area contributed by atoms with E-state index in [0.29, 0.717) is 11.6 Å². The molecule has 2 aromatic carbocycles. The minimum Gasteiger partial charge on any atom is -0.491 e. The lowest BCUT2D eigenvalue weighted by Crippen LogP contribution is -2.33. The number of ether oxygens (including phenoxy) is 1. The van der Waals surface area contributed by atoms with E-state index in [1.165, 1.54) is 0 Å². The molecule has 0 spiro atoms. The highest BCUT2D eigenvalue weighted by Crippen LogP contribution is 2.46. The Morgan fingerprint density at radius 1 is 1.11 bits per heavy atom. The van der Waals surface area contributed by atoms with Gasteiger partial charge in [0, 0.05) is 30.4 Å². The molecule has 0 bridgehead atoms. The van der Waals surface area contributed by atoms with Crippen molar-refractivity contribution in [1.29, 1.82) is 0 Å². The molecule has 0 saturated carbocycles. The summed E-state index contributed by atoms with van der Waals surface area (Å²) in [5.74, 6) is 0.246. The highest BCUT2D eigenvalue weighted by atomic mass is 19.4. The molecule has 2 aliphatic rings. The van der Waals surface area contributed by atoms with Crippen molar-refractivity contribution in [3.63, 3.8) is 0 Å². The van der Waals surface area contributed by atoms with E-state index < -0.39 is 11.7 Å². The van der Waals surface area contributed by atoms with E-state index in [1.807, 2.05) is 18.2 Å². The van der Waals surface area contributed by atoms with Crippen molar-refractivity contribution in [3.8, 4) is 16.9 Å². The average Bonchev–Trinajstić information content (AvgIpc) is 2.82. The summed E-state index contributed by atoms with van der Waals surface area (Å²) < 4.78 is 47.3. The first-order valence-corrected chi connectivity index (χ1v) is 9.82. The van der Waals surface area contributed by atoms with Gasteiger partial charge in [-0.25, -0.2) is 0 Å². The van der Waals surface area contributed by atoms with Gasteiger partial charge >= 0.3 is 6.18 Å². The molecule has 2 heterocycles. The smallest absolute Gasteiger partial charge is 0.417 e. The summed E-state index contributed by atoms with van der Waals surface area (Å²) >= 11 is 0. The van der Waals surface area contributed by atoms with E-state index in [4.69, 9.17) is 4.74 Å². The number of nitrogens with zero attached hydrogens (tertiary/aromatic N) is 1. The van der Waals surface area contributed by atoms with Crippen LogP contribution in [0.2, 0.25) is 0 Å². The van der Waals surface area contributed by atoms with Crippen LogP contribution in [0.1, 0.15) is 31.4 Å². The molecule has 1 saturated heterocycles. The summed E-state index contributed by atoms with van der Waals surface area (Å²) in [5, 5.41) is 3.39. The summed E-state index contributed by atoms with van der Waals surface area (Å²) in [6.07, 6.45) is -2.74. The molecule has 2 aliphatic heterocycles. The molecule has 1 unspecified atom stereocenters. The number of halogens is 3. The van der Waals surface area contributed by atoms with Crippen molar-refractivity contribution < 1.29 is 17.9 Å². The fraction of sp³-hybridized carbons (Fsp3) is 0.455. The third-order valence-electron chi connectivity index (χ3n) is 5.45. The topological polar surface area (TPSA) is 24.5 Å². The highest BCUT2D eigenvalue weighted by molar-refractivity contribution is 5.85. The van der Waals surface area contributed by atoms with E-state index >= 15 is 0 Å². The second-order valence-corrected chi connectivity index (χ2v) is 7.78. The Labute approximate surface area is 163 Å². The lowest BCUT2D eigenvalue weighted by Gasteiger charge is -2.27. The molecular weight excluding hydrogens is 365 g/mol. The van der Waals surface area contributed by atoms with Crippen molar-refractivity contribution >= 4 is 5.69 Å². The standard InChI is InChI=1S/C22H25F3N2O/c1-14(2)28-17-6-7-18(20(13-17)22(23,24)25)19-5-3-4-15-12-16-8-9-26-10-11-27(16)21(15)19/h3-7,13-14,16,26H,8-12H2,1-2H3. The first-order chi connectivity index (χ1) is 13.3. The minimum atomic E-state index is -4.45. The number of benzene rings is 2. The van der Waals surface area contributed by atoms with Crippen LogP contribution in [0.3, 0.4) is 0 Å². The summed E-state index contributed by atoms with van der Waals surface area (Å²) in [7, 11) is 0. The van der Waals surface area contributed by atoms with E-state index in [-0.39, 0.29) is 17.4 Å². The lowest BCUT2D eigenvalue weighted by molar-refractivity contribution is -0.137. The quantitative estimate of drug-likeness (QED) is 0.808. The van der Waals surface area contributed by atoms with Crippen molar-refractivity contribution in [2.45, 2.75) is 45.0 Å². The van der Waals surface area contributed by atoms with Gasteiger partial charge in [0.2, 0.25) is 0 Å². The summed E-state index contributed by atoms with van der Waals surface area (Å²) in [6.45, 7) is 6.21. The van der Waals surface area contributed by atoms with Gasteiger partial charge in [-0.2, -0.15) is 13.2 Å². The van der Waals surface area contributed by atoms with Gasteiger partial charge in [-0.3, -0.25) is 0 Å². The minimum absolute atomic E-state index is 0.182. The number of hydrogen-bond donors (Lipinski definition) is 1. The molecule has 6 heteroatoms. The average molecular weight is 390 g/mol. The normalized spacial score (nSPS) is 19.4. The Morgan fingerprint density at radius 2 is 1.93 bits per heavy atom. The van der Waals surface area contributed by atoms with Crippen molar-refractivity contribution in [2.75, 3.05) is 24.5 Å². The number of rotatable bonds is 3. The van der Waals surface area contributed by atoms with Crippen LogP contribution in [0.5, 0.6) is 5.75 Å². The first-order valence-electron chi connectivity index (χ1n) is 9.82. The van der Waals surface area contributed by atoms with Gasteiger partial charge in [-0.05, 0) is 56.5 Å². The zero-order chi connectivity index (χ0) is 19.9. The van der Waals surface area contributed by atoms with E-state index in [9.17, 15) is 13.2 Å². The number of anilines is 1. The molecule has 3 nitrogen and oxygen atoms in total. The molecule has 1 N–H and O–H groups in total. The molecule has 0 aromatic heterocycles. The van der Waals surface area contributed by atoms with Gasteiger partial charge in [0.1, 0.15) is 5.75 Å². The van der Waals surface area contributed by atoms with Crippen LogP contribution < -0.4 is 15.0 Å². The highest BCUT2D eigenvalue weighted by Gasteiger charge is 2.37. The molecule has 1 fully saturated rings. The number of alkyl halides is 3. The molecule has 0 aliphatic carbocycles. The zero-order valence-corrected chi connectivity index (χ0v) is 16.1. The van der Waals surface area contributed by atoms with Gasteiger partial charge in [0.05, 0.1) is 11.7 Å². The van der Waals surface area contributed by atoms with Crippen LogP contribution >= 0.6 is 0 Å². The van der Waals surface area contributed by atoms with Crippen LogP contribution in [0.4, 0.5) is 18.9 Å². The third kappa shape index (κ3) is 3.58. The number of fused-ring (bicyclic) bond motifs is 3. The van der Waals surface area contributed by atoms with Crippen molar-refractivity contribution in [3.05, 3.63) is 47.5 Å². The maximum absolute atomic E-state index is 13.9. The summed E-state index contributed by atoms with van der Waals surface area (Å²) in [5.41, 5.74) is 2.33. The van der Waals surface area contributed by atoms with Gasteiger partial charge < -0.3 is 15.0 Å². The van der Waals surface area contributed by atoms with E-state index in [1.54, 1.807) is 26.0 Å². The molecule has 4 rings (SSSR count). The molecule has 0 radical (unpaired) electrons. The maximum atomic E-state index is 13.9. The number of nitrogens with one attached hydrogen (secondary N) is 1. The molecule has 1 atom stereocenters.